The third-order valence-corrected chi connectivity index (χ3v) is 9.22. The number of nitrogens with zero attached hydrogens (tertiary/aromatic N) is 3. The molecule has 1 amide bonds. The minimum Gasteiger partial charge on any atom is -0.369 e. The highest BCUT2D eigenvalue weighted by Crippen LogP contribution is 2.19. The molecule has 148 valence electrons. The van der Waals surface area contributed by atoms with Crippen molar-refractivity contribution in [3.05, 3.63) is 60.2 Å². The van der Waals surface area contributed by atoms with E-state index in [2.05, 4.69) is 70.3 Å². The van der Waals surface area contributed by atoms with Crippen molar-refractivity contribution in [2.75, 3.05) is 50.3 Å². The minimum atomic E-state index is -1.57. The van der Waals surface area contributed by atoms with Crippen molar-refractivity contribution in [2.24, 2.45) is 0 Å². The van der Waals surface area contributed by atoms with E-state index < -0.39 is 8.07 Å². The molecule has 2 aliphatic heterocycles. The first-order valence-electron chi connectivity index (χ1n) is 10.5. The van der Waals surface area contributed by atoms with Gasteiger partial charge < -0.3 is 9.80 Å². The van der Waals surface area contributed by atoms with Crippen LogP contribution in [0.3, 0.4) is 0 Å². The number of carbonyl (C=O) groups is 1. The van der Waals surface area contributed by atoms with Crippen molar-refractivity contribution in [1.29, 1.82) is 0 Å². The first-order valence-corrected chi connectivity index (χ1v) is 13.7. The highest BCUT2D eigenvalue weighted by molar-refractivity contribution is 6.91. The molecule has 0 radical (unpaired) electrons. The molecule has 1 saturated heterocycles. The van der Waals surface area contributed by atoms with Crippen LogP contribution in [-0.4, -0.2) is 69.2 Å². The summed E-state index contributed by atoms with van der Waals surface area (Å²) in [5, 5.41) is 1.33. The second-order valence-corrected chi connectivity index (χ2v) is 13.3. The Labute approximate surface area is 169 Å². The average Bonchev–Trinajstić information content (AvgIpc) is 2.73. The molecule has 0 unspecified atom stereocenters. The maximum atomic E-state index is 12.9. The molecule has 2 heterocycles. The molecule has 4 nitrogen and oxygen atoms in total. The molecule has 5 heteroatoms. The monoisotopic (exact) mass is 393 g/mol. The predicted octanol–water partition coefficient (Wildman–Crippen LogP) is 2.81. The summed E-state index contributed by atoms with van der Waals surface area (Å²) in [5.74, 6) is 0.233. The first kappa shape index (κ1) is 19.2. The number of benzene rings is 2. The third-order valence-electron chi connectivity index (χ3n) is 6.16. The van der Waals surface area contributed by atoms with Crippen LogP contribution in [0.5, 0.6) is 0 Å². The van der Waals surface area contributed by atoms with Crippen molar-refractivity contribution in [1.82, 2.24) is 9.80 Å². The van der Waals surface area contributed by atoms with Gasteiger partial charge in [-0.1, -0.05) is 49.5 Å². The Morgan fingerprint density at radius 2 is 1.54 bits per heavy atom. The molecule has 0 aliphatic carbocycles. The number of hydrogen-bond acceptors (Lipinski definition) is 3. The van der Waals surface area contributed by atoms with Gasteiger partial charge in [0.2, 0.25) is 0 Å². The zero-order valence-corrected chi connectivity index (χ0v) is 18.1. The van der Waals surface area contributed by atoms with Crippen LogP contribution in [0.15, 0.2) is 54.6 Å². The van der Waals surface area contributed by atoms with Crippen LogP contribution < -0.4 is 10.1 Å². The lowest BCUT2D eigenvalue weighted by Crippen LogP contribution is -2.60. The zero-order valence-electron chi connectivity index (χ0n) is 17.1. The van der Waals surface area contributed by atoms with Gasteiger partial charge in [-0.15, -0.1) is 0 Å². The summed E-state index contributed by atoms with van der Waals surface area (Å²) in [4.78, 5) is 20.0. The third kappa shape index (κ3) is 4.01. The highest BCUT2D eigenvalue weighted by atomic mass is 28.3. The highest BCUT2D eigenvalue weighted by Gasteiger charge is 2.37. The molecule has 2 aromatic carbocycles. The van der Waals surface area contributed by atoms with Gasteiger partial charge >= 0.3 is 0 Å². The lowest BCUT2D eigenvalue weighted by molar-refractivity contribution is 0.0769. The van der Waals surface area contributed by atoms with Crippen molar-refractivity contribution in [3.8, 4) is 0 Å². The van der Waals surface area contributed by atoms with Gasteiger partial charge in [-0.05, 0) is 36.4 Å². The topological polar surface area (TPSA) is 26.8 Å². The number of para-hydroxylation sites is 1. The second kappa shape index (κ2) is 8.09. The average molecular weight is 394 g/mol. The zero-order chi connectivity index (χ0) is 19.6. The largest absolute Gasteiger partial charge is 0.369 e. The van der Waals surface area contributed by atoms with Gasteiger partial charge in [0.05, 0.1) is 0 Å². The fraction of sp³-hybridized carbons (Fsp3) is 0.435. The Hall–Kier alpha value is -2.11. The predicted molar refractivity (Wildman–Crippen MR) is 119 cm³/mol. The summed E-state index contributed by atoms with van der Waals surface area (Å²) in [6, 6.07) is 18.9. The molecule has 0 atom stereocenters. The molecule has 2 aliphatic rings. The molecule has 0 saturated carbocycles. The maximum Gasteiger partial charge on any atom is 0.253 e. The van der Waals surface area contributed by atoms with Gasteiger partial charge in [-0.3, -0.25) is 9.69 Å². The summed E-state index contributed by atoms with van der Waals surface area (Å²) in [6.07, 6.45) is 2.01. The van der Waals surface area contributed by atoms with E-state index in [0.29, 0.717) is 0 Å². The fourth-order valence-electron chi connectivity index (χ4n) is 4.60. The molecule has 2 aromatic rings. The smallest absolute Gasteiger partial charge is 0.253 e. The SMILES string of the molecule is C[Si]1(C)CN(CCCN2CCN(c3ccccc3)CC2)C(=O)c2ccccc21. The van der Waals surface area contributed by atoms with Crippen molar-refractivity contribution in [3.63, 3.8) is 0 Å². The Balaban J connectivity index is 1.28. The van der Waals surface area contributed by atoms with E-state index in [4.69, 9.17) is 0 Å². The van der Waals surface area contributed by atoms with Crippen LogP contribution >= 0.6 is 0 Å². The summed E-state index contributed by atoms with van der Waals surface area (Å²) in [6.45, 7) is 11.1. The van der Waals surface area contributed by atoms with Gasteiger partial charge in [0.25, 0.3) is 5.91 Å². The summed E-state index contributed by atoms with van der Waals surface area (Å²) in [7, 11) is -1.57. The number of hydrogen-bond donors (Lipinski definition) is 0. The van der Waals surface area contributed by atoms with Crippen LogP contribution in [0.4, 0.5) is 5.69 Å². The Morgan fingerprint density at radius 3 is 2.29 bits per heavy atom. The van der Waals surface area contributed by atoms with Gasteiger partial charge in [0.15, 0.2) is 0 Å². The van der Waals surface area contributed by atoms with Crippen LogP contribution in [0.2, 0.25) is 13.1 Å². The van der Waals surface area contributed by atoms with Gasteiger partial charge in [0, 0.05) is 50.1 Å². The van der Waals surface area contributed by atoms with Crippen molar-refractivity contribution < 1.29 is 4.79 Å². The number of fused-ring (bicyclic) bond motifs is 1. The van der Waals surface area contributed by atoms with Gasteiger partial charge in [-0.2, -0.15) is 0 Å². The number of anilines is 1. The first-order chi connectivity index (χ1) is 13.5. The molecular weight excluding hydrogens is 362 g/mol. The number of rotatable bonds is 5. The van der Waals surface area contributed by atoms with E-state index in [0.717, 1.165) is 57.4 Å². The normalized spacial score (nSPS) is 19.6. The lowest BCUT2D eigenvalue weighted by atomic mass is 10.2. The van der Waals surface area contributed by atoms with Crippen LogP contribution in [0.25, 0.3) is 0 Å². The van der Waals surface area contributed by atoms with Crippen molar-refractivity contribution >= 4 is 24.9 Å². The van der Waals surface area contributed by atoms with Crippen molar-refractivity contribution in [2.45, 2.75) is 19.5 Å². The number of amides is 1. The molecular formula is C23H31N3OSi. The van der Waals surface area contributed by atoms with Crippen LogP contribution in [0.1, 0.15) is 16.8 Å². The van der Waals surface area contributed by atoms with Gasteiger partial charge in [-0.25, -0.2) is 0 Å². The summed E-state index contributed by atoms with van der Waals surface area (Å²) in [5.41, 5.74) is 2.27. The van der Waals surface area contributed by atoms with Gasteiger partial charge in [0.1, 0.15) is 8.07 Å². The molecule has 0 spiro atoms. The quantitative estimate of drug-likeness (QED) is 0.731. The van der Waals surface area contributed by atoms with E-state index >= 15 is 0 Å². The molecule has 1 fully saturated rings. The standard InChI is InChI=1S/C23H31N3OSi/c1-28(2)19-26(23(27)21-11-6-7-12-22(21)28)14-8-13-24-15-17-25(18-16-24)20-9-4-3-5-10-20/h3-7,9-12H,8,13-19H2,1-2H3. The molecule has 4 rings (SSSR count). The molecule has 0 N–H and O–H groups in total. The van der Waals surface area contributed by atoms with Crippen LogP contribution in [-0.2, 0) is 0 Å². The Kier molecular flexibility index (Phi) is 5.55. The second-order valence-electron chi connectivity index (χ2n) is 8.67. The molecule has 28 heavy (non-hydrogen) atoms. The van der Waals surface area contributed by atoms with E-state index in [1.165, 1.54) is 10.9 Å². The Bertz CT molecular complexity index is 816. The Morgan fingerprint density at radius 1 is 0.857 bits per heavy atom. The number of carbonyl (C=O) groups excluding carboxylic acids is 1. The molecule has 0 bridgehead atoms. The fourth-order valence-corrected chi connectivity index (χ4v) is 7.49. The molecule has 0 aromatic heterocycles. The lowest BCUT2D eigenvalue weighted by Gasteiger charge is -2.39. The maximum absolute atomic E-state index is 12.9. The summed E-state index contributed by atoms with van der Waals surface area (Å²) < 4.78 is 0. The van der Waals surface area contributed by atoms with Crippen LogP contribution in [0, 0.1) is 0 Å². The number of piperazine rings is 1. The van der Waals surface area contributed by atoms with E-state index in [9.17, 15) is 4.79 Å². The van der Waals surface area contributed by atoms with E-state index in [1.807, 2.05) is 12.1 Å². The van der Waals surface area contributed by atoms with E-state index in [1.54, 1.807) is 0 Å². The van der Waals surface area contributed by atoms with E-state index in [-0.39, 0.29) is 5.91 Å². The minimum absolute atomic E-state index is 0.233. The summed E-state index contributed by atoms with van der Waals surface area (Å²) >= 11 is 0.